The number of nitriles is 1. The molecular formula is C13H14N2O2. The number of esters is 1. The zero-order valence-electron chi connectivity index (χ0n) is 9.88. The summed E-state index contributed by atoms with van der Waals surface area (Å²) in [4.78, 5) is 15.3. The molecule has 4 nitrogen and oxygen atoms in total. The first-order valence-electron chi connectivity index (χ1n) is 5.34. The smallest absolute Gasteiger partial charge is 0.345 e. The summed E-state index contributed by atoms with van der Waals surface area (Å²) in [5, 5.41) is 8.81. The first-order valence-corrected chi connectivity index (χ1v) is 5.34. The Bertz CT molecular complexity index is 461. The maximum atomic E-state index is 11.3. The van der Waals surface area contributed by atoms with Crippen LogP contribution in [0.4, 0.5) is 0 Å². The van der Waals surface area contributed by atoms with Gasteiger partial charge in [0.15, 0.2) is 0 Å². The lowest BCUT2D eigenvalue weighted by molar-refractivity contribution is -0.143. The largest absolute Gasteiger partial charge is 0.464 e. The fourth-order valence-corrected chi connectivity index (χ4v) is 1.25. The van der Waals surface area contributed by atoms with Gasteiger partial charge >= 0.3 is 5.97 Å². The Labute approximate surface area is 101 Å². The number of aryl methyl sites for hydroxylation is 1. The number of benzene rings is 1. The lowest BCUT2D eigenvalue weighted by Crippen LogP contribution is -2.19. The number of hydrogen-bond donors (Lipinski definition) is 0. The molecule has 0 aromatic heterocycles. The first-order chi connectivity index (χ1) is 8.19. The fraction of sp³-hybridized carbons (Fsp3) is 0.308. The summed E-state index contributed by atoms with van der Waals surface area (Å²) in [7, 11) is 0. The van der Waals surface area contributed by atoms with E-state index in [0.717, 1.165) is 11.1 Å². The molecule has 0 bridgehead atoms. The summed E-state index contributed by atoms with van der Waals surface area (Å²) >= 11 is 0. The lowest BCUT2D eigenvalue weighted by Gasteiger charge is -2.03. The average Bonchev–Trinajstić information content (AvgIpc) is 2.32. The molecule has 0 amide bonds. The third-order valence-electron chi connectivity index (χ3n) is 2.18. The highest BCUT2D eigenvalue weighted by Gasteiger charge is 2.16. The van der Waals surface area contributed by atoms with Gasteiger partial charge < -0.3 is 4.74 Å². The van der Waals surface area contributed by atoms with Gasteiger partial charge in [0.2, 0.25) is 6.04 Å². The van der Waals surface area contributed by atoms with Crippen molar-refractivity contribution in [2.45, 2.75) is 19.9 Å². The molecule has 0 spiro atoms. The SMILES string of the molecule is CCOC(=O)C(C#N)N=Cc1ccccc1C. The minimum atomic E-state index is -1.09. The Kier molecular flexibility index (Phi) is 4.89. The predicted molar refractivity (Wildman–Crippen MR) is 64.8 cm³/mol. The summed E-state index contributed by atoms with van der Waals surface area (Å²) in [6, 6.07) is 8.32. The van der Waals surface area contributed by atoms with Gasteiger partial charge in [-0.25, -0.2) is 4.79 Å². The Hall–Kier alpha value is -2.15. The number of aliphatic imine (C=N–C) groups is 1. The molecule has 0 fully saturated rings. The molecule has 4 heteroatoms. The molecule has 0 saturated carbocycles. The molecule has 1 rings (SSSR count). The Morgan fingerprint density at radius 3 is 2.88 bits per heavy atom. The average molecular weight is 230 g/mol. The summed E-state index contributed by atoms with van der Waals surface area (Å²) in [5.74, 6) is -0.611. The van der Waals surface area contributed by atoms with Crippen molar-refractivity contribution in [3.05, 3.63) is 35.4 Å². The van der Waals surface area contributed by atoms with Crippen LogP contribution >= 0.6 is 0 Å². The highest BCUT2D eigenvalue weighted by Crippen LogP contribution is 2.04. The van der Waals surface area contributed by atoms with E-state index in [1.165, 1.54) is 6.21 Å². The molecule has 88 valence electrons. The van der Waals surface area contributed by atoms with E-state index in [1.807, 2.05) is 31.2 Å². The van der Waals surface area contributed by atoms with Gasteiger partial charge in [0, 0.05) is 6.21 Å². The Morgan fingerprint density at radius 2 is 2.29 bits per heavy atom. The Morgan fingerprint density at radius 1 is 1.59 bits per heavy atom. The van der Waals surface area contributed by atoms with E-state index in [4.69, 9.17) is 10.00 Å². The van der Waals surface area contributed by atoms with Crippen molar-refractivity contribution < 1.29 is 9.53 Å². The highest BCUT2D eigenvalue weighted by molar-refractivity contribution is 5.86. The maximum Gasteiger partial charge on any atom is 0.345 e. The third kappa shape index (κ3) is 3.72. The van der Waals surface area contributed by atoms with Crippen LogP contribution in [-0.4, -0.2) is 24.8 Å². The van der Waals surface area contributed by atoms with E-state index >= 15 is 0 Å². The minimum Gasteiger partial charge on any atom is -0.464 e. The number of nitrogens with zero attached hydrogens (tertiary/aromatic N) is 2. The number of carbonyl (C=O) groups excluding carboxylic acids is 1. The van der Waals surface area contributed by atoms with Crippen LogP contribution in [0.2, 0.25) is 0 Å². The highest BCUT2D eigenvalue weighted by atomic mass is 16.5. The zero-order valence-corrected chi connectivity index (χ0v) is 9.88. The zero-order chi connectivity index (χ0) is 12.7. The second-order valence-corrected chi connectivity index (χ2v) is 3.42. The van der Waals surface area contributed by atoms with Crippen molar-refractivity contribution in [1.82, 2.24) is 0 Å². The van der Waals surface area contributed by atoms with Crippen LogP contribution in [0.25, 0.3) is 0 Å². The van der Waals surface area contributed by atoms with Crippen molar-refractivity contribution in [2.75, 3.05) is 6.61 Å². The lowest BCUT2D eigenvalue weighted by atomic mass is 10.1. The molecule has 0 saturated heterocycles. The molecule has 0 heterocycles. The maximum absolute atomic E-state index is 11.3. The van der Waals surface area contributed by atoms with Crippen LogP contribution in [0.15, 0.2) is 29.3 Å². The molecule has 1 aromatic carbocycles. The van der Waals surface area contributed by atoms with Crippen molar-refractivity contribution in [1.29, 1.82) is 5.26 Å². The van der Waals surface area contributed by atoms with E-state index in [9.17, 15) is 4.79 Å². The van der Waals surface area contributed by atoms with Crippen LogP contribution in [0.1, 0.15) is 18.1 Å². The number of rotatable bonds is 4. The normalized spacial score (nSPS) is 12.1. The molecule has 0 radical (unpaired) electrons. The van der Waals surface area contributed by atoms with Crippen LogP contribution in [0, 0.1) is 18.3 Å². The van der Waals surface area contributed by atoms with E-state index in [-0.39, 0.29) is 6.61 Å². The van der Waals surface area contributed by atoms with Crippen molar-refractivity contribution >= 4 is 12.2 Å². The Balaban J connectivity index is 2.79. The molecular weight excluding hydrogens is 216 g/mol. The molecule has 0 aliphatic heterocycles. The quantitative estimate of drug-likeness (QED) is 0.586. The minimum absolute atomic E-state index is 0.247. The van der Waals surface area contributed by atoms with Gasteiger partial charge in [-0.2, -0.15) is 5.26 Å². The number of hydrogen-bond acceptors (Lipinski definition) is 4. The third-order valence-corrected chi connectivity index (χ3v) is 2.18. The van der Waals surface area contributed by atoms with Crippen LogP contribution < -0.4 is 0 Å². The second kappa shape index (κ2) is 6.44. The molecule has 1 unspecified atom stereocenters. The van der Waals surface area contributed by atoms with Gasteiger partial charge in [-0.15, -0.1) is 0 Å². The van der Waals surface area contributed by atoms with Gasteiger partial charge in [0.25, 0.3) is 0 Å². The van der Waals surface area contributed by atoms with Crippen LogP contribution in [0.3, 0.4) is 0 Å². The topological polar surface area (TPSA) is 62.5 Å². The molecule has 0 N–H and O–H groups in total. The van der Waals surface area contributed by atoms with Crippen molar-refractivity contribution in [3.8, 4) is 6.07 Å². The molecule has 1 aromatic rings. The standard InChI is InChI=1S/C13H14N2O2/c1-3-17-13(16)12(8-14)15-9-11-7-5-4-6-10(11)2/h4-7,9,12H,3H2,1-2H3. The van der Waals surface area contributed by atoms with E-state index in [0.29, 0.717) is 0 Å². The van der Waals surface area contributed by atoms with Gasteiger partial charge in [-0.1, -0.05) is 24.3 Å². The number of ether oxygens (including phenoxy) is 1. The summed E-state index contributed by atoms with van der Waals surface area (Å²) in [6.45, 7) is 3.88. The summed E-state index contributed by atoms with van der Waals surface area (Å²) in [5.41, 5.74) is 1.92. The van der Waals surface area contributed by atoms with Gasteiger partial charge in [0.05, 0.1) is 6.61 Å². The van der Waals surface area contributed by atoms with Crippen molar-refractivity contribution in [3.63, 3.8) is 0 Å². The first kappa shape index (κ1) is 12.9. The van der Waals surface area contributed by atoms with Gasteiger partial charge in [0.1, 0.15) is 6.07 Å². The van der Waals surface area contributed by atoms with E-state index in [2.05, 4.69) is 4.99 Å². The van der Waals surface area contributed by atoms with Crippen LogP contribution in [0.5, 0.6) is 0 Å². The molecule has 0 aliphatic carbocycles. The number of carbonyl (C=O) groups is 1. The monoisotopic (exact) mass is 230 g/mol. The summed E-state index contributed by atoms with van der Waals surface area (Å²) < 4.78 is 4.74. The van der Waals surface area contributed by atoms with Crippen molar-refractivity contribution in [2.24, 2.45) is 4.99 Å². The van der Waals surface area contributed by atoms with Gasteiger partial charge in [-0.3, -0.25) is 4.99 Å². The summed E-state index contributed by atoms with van der Waals surface area (Å²) in [6.07, 6.45) is 1.53. The van der Waals surface area contributed by atoms with Gasteiger partial charge in [-0.05, 0) is 25.0 Å². The second-order valence-electron chi connectivity index (χ2n) is 3.42. The fourth-order valence-electron chi connectivity index (χ4n) is 1.25. The molecule has 17 heavy (non-hydrogen) atoms. The van der Waals surface area contributed by atoms with Crippen LogP contribution in [-0.2, 0) is 9.53 Å². The molecule has 1 atom stereocenters. The van der Waals surface area contributed by atoms with E-state index < -0.39 is 12.0 Å². The van der Waals surface area contributed by atoms with E-state index in [1.54, 1.807) is 13.0 Å². The molecule has 0 aliphatic rings. The predicted octanol–water partition coefficient (Wildman–Crippen LogP) is 1.87.